The Balaban J connectivity index is 1.60. The first-order valence-corrected chi connectivity index (χ1v) is 6.99. The smallest absolute Gasteiger partial charge is 0.0506 e. The van der Waals surface area contributed by atoms with E-state index < -0.39 is 0 Å². The van der Waals surface area contributed by atoms with Gasteiger partial charge in [-0.1, -0.05) is 0 Å². The fourth-order valence-electron chi connectivity index (χ4n) is 2.20. The van der Waals surface area contributed by atoms with E-state index >= 15 is 0 Å². The van der Waals surface area contributed by atoms with Crippen LogP contribution in [-0.4, -0.2) is 37.3 Å². The highest BCUT2D eigenvalue weighted by Gasteiger charge is 2.17. The van der Waals surface area contributed by atoms with Crippen molar-refractivity contribution in [3.05, 3.63) is 0 Å². The summed E-state index contributed by atoms with van der Waals surface area (Å²) in [5.74, 6) is 3.47. The molecule has 1 N–H and O–H groups in total. The first-order chi connectivity index (χ1) is 6.95. The van der Waals surface area contributed by atoms with Gasteiger partial charge in [0.1, 0.15) is 0 Å². The Morgan fingerprint density at radius 1 is 1.21 bits per heavy atom. The number of hydrogen-bond donors (Lipinski definition) is 1. The van der Waals surface area contributed by atoms with Crippen LogP contribution in [0.25, 0.3) is 0 Å². The van der Waals surface area contributed by atoms with Gasteiger partial charge in [-0.3, -0.25) is 0 Å². The van der Waals surface area contributed by atoms with E-state index in [1.807, 2.05) is 0 Å². The van der Waals surface area contributed by atoms with Crippen molar-refractivity contribution in [3.63, 3.8) is 0 Å². The summed E-state index contributed by atoms with van der Waals surface area (Å²) in [6.45, 7) is 3.14. The summed E-state index contributed by atoms with van der Waals surface area (Å²) >= 11 is 2.10. The molecule has 2 aliphatic heterocycles. The molecule has 14 heavy (non-hydrogen) atoms. The van der Waals surface area contributed by atoms with Crippen molar-refractivity contribution in [2.24, 2.45) is 5.92 Å². The van der Waals surface area contributed by atoms with E-state index in [2.05, 4.69) is 17.1 Å². The summed E-state index contributed by atoms with van der Waals surface area (Å²) in [7, 11) is 0. The summed E-state index contributed by atoms with van der Waals surface area (Å²) in [6.07, 6.45) is 5.33. The second kappa shape index (κ2) is 5.99. The van der Waals surface area contributed by atoms with Gasteiger partial charge in [0.25, 0.3) is 0 Å². The second-order valence-electron chi connectivity index (χ2n) is 4.38. The first kappa shape index (κ1) is 10.8. The molecule has 2 fully saturated rings. The average molecular weight is 215 g/mol. The van der Waals surface area contributed by atoms with E-state index in [4.69, 9.17) is 4.74 Å². The number of nitrogens with one attached hydrogen (secondary N) is 1. The van der Waals surface area contributed by atoms with Gasteiger partial charge in [0.2, 0.25) is 0 Å². The molecule has 1 unspecified atom stereocenters. The summed E-state index contributed by atoms with van der Waals surface area (Å²) in [6, 6.07) is 0.790. The van der Waals surface area contributed by atoms with Gasteiger partial charge in [0.15, 0.2) is 0 Å². The molecule has 0 spiro atoms. The predicted octanol–water partition coefficient (Wildman–Crippen LogP) is 1.90. The molecule has 0 amide bonds. The molecule has 0 radical (unpaired) electrons. The lowest BCUT2D eigenvalue weighted by Crippen LogP contribution is -2.38. The van der Waals surface area contributed by atoms with Crippen molar-refractivity contribution in [2.75, 3.05) is 31.3 Å². The van der Waals surface area contributed by atoms with Crippen molar-refractivity contribution in [1.82, 2.24) is 5.32 Å². The molecule has 2 nitrogen and oxygen atoms in total. The molecule has 2 rings (SSSR count). The van der Waals surface area contributed by atoms with Gasteiger partial charge in [-0.2, -0.15) is 11.8 Å². The summed E-state index contributed by atoms with van der Waals surface area (Å²) in [5.41, 5.74) is 0. The Morgan fingerprint density at radius 3 is 2.79 bits per heavy atom. The van der Waals surface area contributed by atoms with Gasteiger partial charge < -0.3 is 10.1 Å². The van der Waals surface area contributed by atoms with Crippen molar-refractivity contribution in [1.29, 1.82) is 0 Å². The highest BCUT2D eigenvalue weighted by Crippen LogP contribution is 2.18. The molecule has 1 atom stereocenters. The summed E-state index contributed by atoms with van der Waals surface area (Å²) < 4.78 is 5.48. The van der Waals surface area contributed by atoms with Crippen LogP contribution in [0.15, 0.2) is 0 Å². The predicted molar refractivity (Wildman–Crippen MR) is 61.9 cm³/mol. The lowest BCUT2D eigenvalue weighted by atomic mass is 10.0. The third kappa shape index (κ3) is 3.44. The Kier molecular flexibility index (Phi) is 4.61. The fourth-order valence-corrected chi connectivity index (χ4v) is 3.31. The highest BCUT2D eigenvalue weighted by molar-refractivity contribution is 7.99. The topological polar surface area (TPSA) is 21.3 Å². The number of rotatable bonds is 3. The monoisotopic (exact) mass is 215 g/mol. The van der Waals surface area contributed by atoms with Crippen LogP contribution in [0.1, 0.15) is 25.7 Å². The molecule has 2 aliphatic rings. The maximum absolute atomic E-state index is 5.48. The van der Waals surface area contributed by atoms with Crippen LogP contribution in [0.4, 0.5) is 0 Å². The molecule has 0 saturated carbocycles. The van der Waals surface area contributed by atoms with Crippen LogP contribution < -0.4 is 5.32 Å². The van der Waals surface area contributed by atoms with Crippen LogP contribution in [0.3, 0.4) is 0 Å². The lowest BCUT2D eigenvalue weighted by Gasteiger charge is -2.27. The number of ether oxygens (including phenoxy) is 1. The van der Waals surface area contributed by atoms with Gasteiger partial charge in [-0.15, -0.1) is 0 Å². The van der Waals surface area contributed by atoms with Gasteiger partial charge >= 0.3 is 0 Å². The largest absolute Gasteiger partial charge is 0.381 e. The molecule has 2 saturated heterocycles. The zero-order valence-electron chi connectivity index (χ0n) is 8.84. The average Bonchev–Trinajstić information content (AvgIpc) is 2.29. The van der Waals surface area contributed by atoms with Crippen LogP contribution >= 0.6 is 11.8 Å². The van der Waals surface area contributed by atoms with Crippen LogP contribution in [0.2, 0.25) is 0 Å². The zero-order chi connectivity index (χ0) is 9.64. The molecule has 0 aromatic rings. The summed E-state index contributed by atoms with van der Waals surface area (Å²) in [4.78, 5) is 0. The van der Waals surface area contributed by atoms with Gasteiger partial charge in [0.05, 0.1) is 6.61 Å². The van der Waals surface area contributed by atoms with E-state index in [-0.39, 0.29) is 0 Å². The summed E-state index contributed by atoms with van der Waals surface area (Å²) in [5, 5.41) is 3.70. The maximum atomic E-state index is 5.48. The van der Waals surface area contributed by atoms with Crippen molar-refractivity contribution >= 4 is 11.8 Å². The molecular weight excluding hydrogens is 194 g/mol. The first-order valence-electron chi connectivity index (χ1n) is 5.84. The molecule has 0 aromatic carbocycles. The molecular formula is C11H21NOS. The standard InChI is InChI=1S/C11H21NOS/c1-2-10(9-13-5-1)8-12-11-3-6-14-7-4-11/h10-12H,1-9H2. The third-order valence-corrected chi connectivity index (χ3v) is 4.22. The molecule has 0 bridgehead atoms. The van der Waals surface area contributed by atoms with Crippen LogP contribution in [0, 0.1) is 5.92 Å². The van der Waals surface area contributed by atoms with E-state index in [0.29, 0.717) is 0 Å². The van der Waals surface area contributed by atoms with Crippen LogP contribution in [0.5, 0.6) is 0 Å². The highest BCUT2D eigenvalue weighted by atomic mass is 32.2. The molecule has 0 aliphatic carbocycles. The molecule has 0 aromatic heterocycles. The van der Waals surface area contributed by atoms with Crippen LogP contribution in [-0.2, 0) is 4.74 Å². The zero-order valence-corrected chi connectivity index (χ0v) is 9.65. The Morgan fingerprint density at radius 2 is 2.07 bits per heavy atom. The van der Waals surface area contributed by atoms with E-state index in [1.54, 1.807) is 0 Å². The Bertz CT molecular complexity index is 135. The normalized spacial score (nSPS) is 30.4. The number of hydrogen-bond acceptors (Lipinski definition) is 3. The minimum Gasteiger partial charge on any atom is -0.381 e. The SMILES string of the molecule is C1COCC(CNC2CCSCC2)C1. The third-order valence-electron chi connectivity index (χ3n) is 3.17. The Labute approximate surface area is 91.2 Å². The molecule has 82 valence electrons. The van der Waals surface area contributed by atoms with Gasteiger partial charge in [-0.25, -0.2) is 0 Å². The van der Waals surface area contributed by atoms with Gasteiger partial charge in [-0.05, 0) is 43.1 Å². The molecule has 3 heteroatoms. The Hall–Kier alpha value is 0.270. The minimum atomic E-state index is 0.776. The van der Waals surface area contributed by atoms with E-state index in [1.165, 1.54) is 43.7 Å². The van der Waals surface area contributed by atoms with Gasteiger partial charge in [0, 0.05) is 19.2 Å². The van der Waals surface area contributed by atoms with Crippen molar-refractivity contribution in [2.45, 2.75) is 31.7 Å². The van der Waals surface area contributed by atoms with E-state index in [9.17, 15) is 0 Å². The minimum absolute atomic E-state index is 0.776. The quantitative estimate of drug-likeness (QED) is 0.777. The van der Waals surface area contributed by atoms with Crippen molar-refractivity contribution < 1.29 is 4.74 Å². The van der Waals surface area contributed by atoms with Crippen molar-refractivity contribution in [3.8, 4) is 0 Å². The lowest BCUT2D eigenvalue weighted by molar-refractivity contribution is 0.0537. The number of thioether (sulfide) groups is 1. The maximum Gasteiger partial charge on any atom is 0.0506 e. The molecule has 2 heterocycles. The fraction of sp³-hybridized carbons (Fsp3) is 1.00. The second-order valence-corrected chi connectivity index (χ2v) is 5.60. The van der Waals surface area contributed by atoms with E-state index in [0.717, 1.165) is 25.2 Å².